The minimum absolute atomic E-state index is 0.110. The molecule has 14 heavy (non-hydrogen) atoms. The zero-order chi connectivity index (χ0) is 9.80. The second-order valence-corrected chi connectivity index (χ2v) is 3.34. The first-order valence-electron chi connectivity index (χ1n) is 4.72. The highest BCUT2D eigenvalue weighted by atomic mass is 16.7. The highest BCUT2D eigenvalue weighted by molar-refractivity contribution is 5.60. The van der Waals surface area contributed by atoms with Crippen molar-refractivity contribution in [1.82, 2.24) is 0 Å². The van der Waals surface area contributed by atoms with Crippen LogP contribution >= 0.6 is 0 Å². The number of hydrogen-bond donors (Lipinski definition) is 0. The Morgan fingerprint density at radius 3 is 2.64 bits per heavy atom. The topological polar surface area (TPSA) is 35.5 Å². The molecule has 1 aliphatic rings. The van der Waals surface area contributed by atoms with Crippen molar-refractivity contribution in [3.05, 3.63) is 35.9 Å². The fourth-order valence-corrected chi connectivity index (χ4v) is 1.07. The van der Waals surface area contributed by atoms with E-state index in [1.54, 1.807) is 0 Å². The lowest BCUT2D eigenvalue weighted by molar-refractivity contribution is 0.0445. The minimum Gasteiger partial charge on any atom is -0.431 e. The van der Waals surface area contributed by atoms with Crippen molar-refractivity contribution >= 4 is 6.16 Å². The molecule has 1 saturated carbocycles. The second-order valence-electron chi connectivity index (χ2n) is 3.34. The summed E-state index contributed by atoms with van der Waals surface area (Å²) < 4.78 is 9.84. The number of rotatable bonds is 3. The van der Waals surface area contributed by atoms with Gasteiger partial charge in [-0.25, -0.2) is 4.79 Å². The Morgan fingerprint density at radius 2 is 2.00 bits per heavy atom. The van der Waals surface area contributed by atoms with Crippen molar-refractivity contribution in [3.8, 4) is 0 Å². The van der Waals surface area contributed by atoms with Crippen LogP contribution in [0, 0.1) is 0 Å². The smallest absolute Gasteiger partial charge is 0.431 e. The van der Waals surface area contributed by atoms with Crippen LogP contribution in [0.5, 0.6) is 0 Å². The van der Waals surface area contributed by atoms with Crippen LogP contribution in [0.1, 0.15) is 18.4 Å². The highest BCUT2D eigenvalue weighted by Gasteiger charge is 2.26. The van der Waals surface area contributed by atoms with Gasteiger partial charge >= 0.3 is 6.16 Å². The molecule has 0 amide bonds. The average molecular weight is 192 g/mol. The predicted molar refractivity (Wildman–Crippen MR) is 50.7 cm³/mol. The minimum atomic E-state index is -0.559. The van der Waals surface area contributed by atoms with Gasteiger partial charge in [0.2, 0.25) is 0 Å². The summed E-state index contributed by atoms with van der Waals surface area (Å²) >= 11 is 0. The van der Waals surface area contributed by atoms with Gasteiger partial charge in [0.05, 0.1) is 0 Å². The van der Waals surface area contributed by atoms with Gasteiger partial charge in [-0.1, -0.05) is 30.3 Å². The monoisotopic (exact) mass is 192 g/mol. The maximum atomic E-state index is 11.0. The molecule has 1 aliphatic carbocycles. The van der Waals surface area contributed by atoms with Crippen LogP contribution in [0.25, 0.3) is 0 Å². The van der Waals surface area contributed by atoms with Gasteiger partial charge in [0.25, 0.3) is 0 Å². The Kier molecular flexibility index (Phi) is 2.68. The molecule has 1 aromatic rings. The third-order valence-corrected chi connectivity index (χ3v) is 1.99. The Morgan fingerprint density at radius 1 is 1.29 bits per heavy atom. The molecule has 0 radical (unpaired) electrons. The fraction of sp³-hybridized carbons (Fsp3) is 0.364. The van der Waals surface area contributed by atoms with Crippen LogP contribution in [-0.4, -0.2) is 12.3 Å². The molecule has 0 N–H and O–H groups in total. The molecule has 1 fully saturated rings. The summed E-state index contributed by atoms with van der Waals surface area (Å²) in [7, 11) is 0. The van der Waals surface area contributed by atoms with Gasteiger partial charge < -0.3 is 9.47 Å². The Bertz CT molecular complexity index is 304. The second kappa shape index (κ2) is 4.13. The Labute approximate surface area is 82.6 Å². The zero-order valence-corrected chi connectivity index (χ0v) is 7.81. The molecule has 3 heteroatoms. The number of ether oxygens (including phenoxy) is 2. The van der Waals surface area contributed by atoms with E-state index in [1.165, 1.54) is 0 Å². The van der Waals surface area contributed by atoms with Crippen molar-refractivity contribution in [1.29, 1.82) is 0 Å². The van der Waals surface area contributed by atoms with Crippen molar-refractivity contribution in [2.75, 3.05) is 0 Å². The average Bonchev–Trinajstić information content (AvgIpc) is 3.00. The molecule has 0 atom stereocenters. The first-order valence-corrected chi connectivity index (χ1v) is 4.72. The summed E-state index contributed by atoms with van der Waals surface area (Å²) in [5.74, 6) is 0. The zero-order valence-electron chi connectivity index (χ0n) is 7.81. The van der Waals surface area contributed by atoms with Crippen LogP contribution in [-0.2, 0) is 16.1 Å². The maximum absolute atomic E-state index is 11.0. The third kappa shape index (κ3) is 2.76. The molecule has 0 spiro atoms. The van der Waals surface area contributed by atoms with Crippen LogP contribution in [0.4, 0.5) is 4.79 Å². The van der Waals surface area contributed by atoms with Crippen LogP contribution in [0.3, 0.4) is 0 Å². The van der Waals surface area contributed by atoms with Crippen molar-refractivity contribution in [2.24, 2.45) is 0 Å². The van der Waals surface area contributed by atoms with E-state index in [0.717, 1.165) is 18.4 Å². The van der Waals surface area contributed by atoms with Crippen molar-refractivity contribution in [2.45, 2.75) is 25.6 Å². The van der Waals surface area contributed by atoms with Gasteiger partial charge in [-0.3, -0.25) is 0 Å². The quantitative estimate of drug-likeness (QED) is 0.690. The molecule has 0 bridgehead atoms. The van der Waals surface area contributed by atoms with E-state index in [-0.39, 0.29) is 12.7 Å². The Balaban J connectivity index is 1.73. The van der Waals surface area contributed by atoms with Gasteiger partial charge in [0, 0.05) is 0 Å². The fourth-order valence-electron chi connectivity index (χ4n) is 1.07. The van der Waals surface area contributed by atoms with Gasteiger partial charge in [-0.15, -0.1) is 0 Å². The van der Waals surface area contributed by atoms with Crippen LogP contribution in [0.15, 0.2) is 30.3 Å². The number of carbonyl (C=O) groups excluding carboxylic acids is 1. The normalized spacial score (nSPS) is 14.9. The summed E-state index contributed by atoms with van der Waals surface area (Å²) in [4.78, 5) is 11.0. The van der Waals surface area contributed by atoms with E-state index >= 15 is 0 Å². The van der Waals surface area contributed by atoms with Crippen molar-refractivity contribution in [3.63, 3.8) is 0 Å². The largest absolute Gasteiger partial charge is 0.508 e. The van der Waals surface area contributed by atoms with E-state index in [4.69, 9.17) is 9.47 Å². The summed E-state index contributed by atoms with van der Waals surface area (Å²) in [5, 5.41) is 0. The van der Waals surface area contributed by atoms with Gasteiger partial charge in [-0.05, 0) is 18.4 Å². The number of benzene rings is 1. The van der Waals surface area contributed by atoms with Crippen molar-refractivity contribution < 1.29 is 14.3 Å². The molecule has 1 aromatic carbocycles. The molecular weight excluding hydrogens is 180 g/mol. The molecule has 0 unspecified atom stereocenters. The standard InChI is InChI=1S/C11H12O3/c12-11(14-10-6-7-10)13-8-9-4-2-1-3-5-9/h1-5,10H,6-8H2. The Hall–Kier alpha value is -1.51. The number of carbonyl (C=O) groups is 1. The van der Waals surface area contributed by atoms with Gasteiger partial charge in [-0.2, -0.15) is 0 Å². The lowest BCUT2D eigenvalue weighted by atomic mass is 10.2. The molecule has 74 valence electrons. The highest BCUT2D eigenvalue weighted by Crippen LogP contribution is 2.23. The van der Waals surface area contributed by atoms with E-state index < -0.39 is 6.16 Å². The van der Waals surface area contributed by atoms with E-state index in [9.17, 15) is 4.79 Å². The molecule has 0 saturated heterocycles. The van der Waals surface area contributed by atoms with Crippen LogP contribution < -0.4 is 0 Å². The molecule has 2 rings (SSSR count). The summed E-state index contributed by atoms with van der Waals surface area (Å²) in [6.07, 6.45) is 1.50. The van der Waals surface area contributed by atoms with Crippen LogP contribution in [0.2, 0.25) is 0 Å². The van der Waals surface area contributed by atoms with E-state index in [1.807, 2.05) is 30.3 Å². The lowest BCUT2D eigenvalue weighted by Gasteiger charge is -2.04. The molecule has 3 nitrogen and oxygen atoms in total. The van der Waals surface area contributed by atoms with E-state index in [0.29, 0.717) is 0 Å². The van der Waals surface area contributed by atoms with Gasteiger partial charge in [0.15, 0.2) is 0 Å². The molecule has 0 aromatic heterocycles. The maximum Gasteiger partial charge on any atom is 0.508 e. The number of hydrogen-bond acceptors (Lipinski definition) is 3. The lowest BCUT2D eigenvalue weighted by Crippen LogP contribution is -2.08. The first-order chi connectivity index (χ1) is 6.84. The van der Waals surface area contributed by atoms with Gasteiger partial charge in [0.1, 0.15) is 12.7 Å². The van der Waals surface area contributed by atoms with E-state index in [2.05, 4.69) is 0 Å². The molecule has 0 aliphatic heterocycles. The summed E-state index contributed by atoms with van der Waals surface area (Å²) in [6.45, 7) is 0.284. The third-order valence-electron chi connectivity index (χ3n) is 1.99. The summed E-state index contributed by atoms with van der Waals surface area (Å²) in [6, 6.07) is 9.55. The summed E-state index contributed by atoms with van der Waals surface area (Å²) in [5.41, 5.74) is 0.972. The molecule has 0 heterocycles. The SMILES string of the molecule is O=C(OCc1ccccc1)OC1CC1. The molecular formula is C11H12O3. The first kappa shape index (κ1) is 9.06. The predicted octanol–water partition coefficient (Wildman–Crippen LogP) is 2.50.